The number of piperidine rings is 1. The summed E-state index contributed by atoms with van der Waals surface area (Å²) in [4.78, 5) is 14.1. The second kappa shape index (κ2) is 5.53. The molecule has 1 fully saturated rings. The van der Waals surface area contributed by atoms with Gasteiger partial charge in [0.15, 0.2) is 5.65 Å². The van der Waals surface area contributed by atoms with Crippen LogP contribution in [0.1, 0.15) is 35.8 Å². The van der Waals surface area contributed by atoms with E-state index in [0.717, 1.165) is 43.8 Å². The molecule has 0 aromatic carbocycles. The standard InChI is InChI=1S/C16H20N6/c1-12-8-16-18-5-2-15(22(16)20-12)13-3-6-21(7-4-13)10-14-9-17-11-19-14/h2,5,8-9,11,13H,3-4,6-7,10H2,1H3,(H,17,19). The van der Waals surface area contributed by atoms with Crippen LogP contribution in [0.2, 0.25) is 0 Å². The summed E-state index contributed by atoms with van der Waals surface area (Å²) in [6, 6.07) is 4.16. The Labute approximate surface area is 129 Å². The van der Waals surface area contributed by atoms with E-state index in [0.29, 0.717) is 5.92 Å². The van der Waals surface area contributed by atoms with Crippen LogP contribution in [-0.2, 0) is 6.54 Å². The summed E-state index contributed by atoms with van der Waals surface area (Å²) in [6.45, 7) is 5.19. The summed E-state index contributed by atoms with van der Waals surface area (Å²) in [5.74, 6) is 0.558. The van der Waals surface area contributed by atoms with Crippen molar-refractivity contribution in [1.82, 2.24) is 29.5 Å². The third kappa shape index (κ3) is 2.50. The van der Waals surface area contributed by atoms with E-state index < -0.39 is 0 Å². The van der Waals surface area contributed by atoms with Gasteiger partial charge in [0.25, 0.3) is 0 Å². The maximum absolute atomic E-state index is 4.60. The zero-order valence-corrected chi connectivity index (χ0v) is 12.7. The highest BCUT2D eigenvalue weighted by Crippen LogP contribution is 2.28. The van der Waals surface area contributed by atoms with Crippen molar-refractivity contribution >= 4 is 5.65 Å². The zero-order valence-electron chi connectivity index (χ0n) is 12.7. The molecule has 3 aromatic heterocycles. The van der Waals surface area contributed by atoms with Gasteiger partial charge in [-0.15, -0.1) is 0 Å². The first-order valence-corrected chi connectivity index (χ1v) is 7.80. The molecule has 0 unspecified atom stereocenters. The smallest absolute Gasteiger partial charge is 0.155 e. The molecule has 1 aliphatic rings. The van der Waals surface area contributed by atoms with Gasteiger partial charge in [0.1, 0.15) is 0 Å². The minimum absolute atomic E-state index is 0.558. The summed E-state index contributed by atoms with van der Waals surface area (Å²) in [7, 11) is 0. The number of rotatable bonds is 3. The number of aromatic nitrogens is 5. The molecule has 1 aliphatic heterocycles. The number of likely N-dealkylation sites (tertiary alicyclic amines) is 1. The molecule has 4 heterocycles. The number of nitrogens with zero attached hydrogens (tertiary/aromatic N) is 5. The molecule has 0 amide bonds. The van der Waals surface area contributed by atoms with E-state index in [9.17, 15) is 0 Å². The van der Waals surface area contributed by atoms with Crippen LogP contribution >= 0.6 is 0 Å². The molecule has 0 bridgehead atoms. The number of aryl methyl sites for hydroxylation is 1. The predicted octanol–water partition coefficient (Wildman–Crippen LogP) is 2.14. The molecule has 0 spiro atoms. The van der Waals surface area contributed by atoms with Gasteiger partial charge in [-0.3, -0.25) is 4.90 Å². The van der Waals surface area contributed by atoms with Gasteiger partial charge in [-0.1, -0.05) is 0 Å². The second-order valence-corrected chi connectivity index (χ2v) is 6.05. The van der Waals surface area contributed by atoms with Crippen LogP contribution in [0.4, 0.5) is 0 Å². The maximum atomic E-state index is 4.60. The number of H-pyrrole nitrogens is 1. The normalized spacial score (nSPS) is 17.3. The molecule has 0 radical (unpaired) electrons. The largest absolute Gasteiger partial charge is 0.347 e. The predicted molar refractivity (Wildman–Crippen MR) is 83.6 cm³/mol. The molecular weight excluding hydrogens is 276 g/mol. The fraction of sp³-hybridized carbons (Fsp3) is 0.438. The highest BCUT2D eigenvalue weighted by molar-refractivity contribution is 5.40. The molecule has 1 saturated heterocycles. The molecule has 6 heteroatoms. The minimum atomic E-state index is 0.558. The summed E-state index contributed by atoms with van der Waals surface area (Å²) < 4.78 is 2.02. The maximum Gasteiger partial charge on any atom is 0.155 e. The van der Waals surface area contributed by atoms with Crippen molar-refractivity contribution in [1.29, 1.82) is 0 Å². The van der Waals surface area contributed by atoms with Crippen LogP contribution < -0.4 is 0 Å². The van der Waals surface area contributed by atoms with E-state index in [-0.39, 0.29) is 0 Å². The minimum Gasteiger partial charge on any atom is -0.347 e. The first-order chi connectivity index (χ1) is 10.8. The van der Waals surface area contributed by atoms with Gasteiger partial charge >= 0.3 is 0 Å². The van der Waals surface area contributed by atoms with Crippen LogP contribution in [0.3, 0.4) is 0 Å². The lowest BCUT2D eigenvalue weighted by Gasteiger charge is -2.31. The van der Waals surface area contributed by atoms with Crippen LogP contribution in [0, 0.1) is 6.92 Å². The first kappa shape index (κ1) is 13.5. The number of nitrogens with one attached hydrogen (secondary N) is 1. The van der Waals surface area contributed by atoms with Crippen LogP contribution in [0.5, 0.6) is 0 Å². The molecule has 114 valence electrons. The number of fused-ring (bicyclic) bond motifs is 1. The van der Waals surface area contributed by atoms with Gasteiger partial charge in [-0.25, -0.2) is 14.5 Å². The lowest BCUT2D eigenvalue weighted by molar-refractivity contribution is 0.200. The summed E-state index contributed by atoms with van der Waals surface area (Å²) >= 11 is 0. The van der Waals surface area contributed by atoms with Crippen molar-refractivity contribution in [2.45, 2.75) is 32.2 Å². The highest BCUT2D eigenvalue weighted by atomic mass is 15.3. The number of imidazole rings is 1. The molecule has 3 aromatic rings. The summed E-state index contributed by atoms with van der Waals surface area (Å²) in [5.41, 5.74) is 4.46. The van der Waals surface area contributed by atoms with Crippen molar-refractivity contribution in [3.63, 3.8) is 0 Å². The lowest BCUT2D eigenvalue weighted by atomic mass is 9.93. The molecule has 6 nitrogen and oxygen atoms in total. The van der Waals surface area contributed by atoms with E-state index in [2.05, 4.69) is 31.0 Å². The van der Waals surface area contributed by atoms with E-state index in [1.165, 1.54) is 11.4 Å². The van der Waals surface area contributed by atoms with E-state index in [1.54, 1.807) is 6.33 Å². The summed E-state index contributed by atoms with van der Waals surface area (Å²) in [6.07, 6.45) is 7.88. The Morgan fingerprint density at radius 3 is 2.95 bits per heavy atom. The number of hydrogen-bond acceptors (Lipinski definition) is 4. The quantitative estimate of drug-likeness (QED) is 0.804. The van der Waals surface area contributed by atoms with Gasteiger partial charge in [-0.05, 0) is 38.9 Å². The molecule has 1 N–H and O–H groups in total. The average Bonchev–Trinajstić information content (AvgIpc) is 3.16. The molecule has 0 saturated carbocycles. The Morgan fingerprint density at radius 2 is 2.18 bits per heavy atom. The van der Waals surface area contributed by atoms with Gasteiger partial charge in [0, 0.05) is 42.3 Å². The number of hydrogen-bond donors (Lipinski definition) is 1. The van der Waals surface area contributed by atoms with Gasteiger partial charge in [0.2, 0.25) is 0 Å². The van der Waals surface area contributed by atoms with E-state index in [4.69, 9.17) is 0 Å². The zero-order chi connectivity index (χ0) is 14.9. The fourth-order valence-corrected chi connectivity index (χ4v) is 3.34. The molecular formula is C16H20N6. The molecule has 0 aliphatic carbocycles. The summed E-state index contributed by atoms with van der Waals surface area (Å²) in [5, 5.41) is 4.60. The average molecular weight is 296 g/mol. The Kier molecular flexibility index (Phi) is 3.38. The van der Waals surface area contributed by atoms with E-state index in [1.807, 2.05) is 29.9 Å². The third-order valence-electron chi connectivity index (χ3n) is 4.46. The fourth-order valence-electron chi connectivity index (χ4n) is 3.34. The highest BCUT2D eigenvalue weighted by Gasteiger charge is 2.23. The lowest BCUT2D eigenvalue weighted by Crippen LogP contribution is -2.33. The Bertz CT molecular complexity index is 752. The van der Waals surface area contributed by atoms with Crippen molar-refractivity contribution < 1.29 is 0 Å². The van der Waals surface area contributed by atoms with Gasteiger partial charge < -0.3 is 4.98 Å². The topological polar surface area (TPSA) is 62.1 Å². The Hall–Kier alpha value is -2.21. The van der Waals surface area contributed by atoms with Crippen molar-refractivity contribution in [3.05, 3.63) is 47.9 Å². The van der Waals surface area contributed by atoms with Crippen molar-refractivity contribution in [2.75, 3.05) is 13.1 Å². The monoisotopic (exact) mass is 296 g/mol. The molecule has 0 atom stereocenters. The van der Waals surface area contributed by atoms with Crippen molar-refractivity contribution in [3.8, 4) is 0 Å². The first-order valence-electron chi connectivity index (χ1n) is 7.80. The van der Waals surface area contributed by atoms with Crippen LogP contribution in [-0.4, -0.2) is 42.6 Å². The van der Waals surface area contributed by atoms with Gasteiger partial charge in [0.05, 0.1) is 12.0 Å². The second-order valence-electron chi connectivity index (χ2n) is 6.05. The number of aromatic amines is 1. The third-order valence-corrected chi connectivity index (χ3v) is 4.46. The molecule has 22 heavy (non-hydrogen) atoms. The van der Waals surface area contributed by atoms with Crippen molar-refractivity contribution in [2.24, 2.45) is 0 Å². The Morgan fingerprint density at radius 1 is 1.32 bits per heavy atom. The SMILES string of the molecule is Cc1cc2nccc(C3CCN(Cc4cnc[nH]4)CC3)n2n1. The van der Waals surface area contributed by atoms with Gasteiger partial charge in [-0.2, -0.15) is 5.10 Å². The van der Waals surface area contributed by atoms with E-state index >= 15 is 0 Å². The Balaban J connectivity index is 1.48. The van der Waals surface area contributed by atoms with Crippen LogP contribution in [0.15, 0.2) is 30.9 Å². The molecule has 4 rings (SSSR count). The van der Waals surface area contributed by atoms with Crippen LogP contribution in [0.25, 0.3) is 5.65 Å².